The summed E-state index contributed by atoms with van der Waals surface area (Å²) in [5.74, 6) is 0.960. The standard InChI is InChI=1S/C14H22Br2N2O/c1-2-10-6-4-3-5-7-18(10)12(9-17)13-8-11(15)14(16)19-13/h8,10,12H,2-7,9,17H2,1H3. The monoisotopic (exact) mass is 392 g/mol. The molecule has 2 N–H and O–H groups in total. The van der Waals surface area contributed by atoms with Crippen LogP contribution in [0.1, 0.15) is 50.8 Å². The zero-order chi connectivity index (χ0) is 13.8. The summed E-state index contributed by atoms with van der Waals surface area (Å²) in [6.45, 7) is 3.99. The van der Waals surface area contributed by atoms with Crippen molar-refractivity contribution < 1.29 is 4.42 Å². The number of furan rings is 1. The van der Waals surface area contributed by atoms with Crippen molar-refractivity contribution in [1.29, 1.82) is 0 Å². The lowest BCUT2D eigenvalue weighted by atomic mass is 10.0. The van der Waals surface area contributed by atoms with Gasteiger partial charge in [0.05, 0.1) is 10.5 Å². The summed E-state index contributed by atoms with van der Waals surface area (Å²) in [7, 11) is 0. The third-order valence-electron chi connectivity index (χ3n) is 4.01. The Kier molecular flexibility index (Phi) is 5.93. The fourth-order valence-corrected chi connectivity index (χ4v) is 3.60. The largest absolute Gasteiger partial charge is 0.451 e. The highest BCUT2D eigenvalue weighted by Crippen LogP contribution is 2.34. The Balaban J connectivity index is 2.23. The molecule has 1 aliphatic heterocycles. The topological polar surface area (TPSA) is 42.4 Å². The number of nitrogens with two attached hydrogens (primary N) is 1. The lowest BCUT2D eigenvalue weighted by molar-refractivity contribution is 0.120. The van der Waals surface area contributed by atoms with Crippen molar-refractivity contribution in [3.05, 3.63) is 21.0 Å². The predicted molar refractivity (Wildman–Crippen MR) is 85.2 cm³/mol. The van der Waals surface area contributed by atoms with Crippen LogP contribution < -0.4 is 5.73 Å². The fourth-order valence-electron chi connectivity index (χ4n) is 2.99. The van der Waals surface area contributed by atoms with E-state index in [4.69, 9.17) is 10.2 Å². The smallest absolute Gasteiger partial charge is 0.183 e. The van der Waals surface area contributed by atoms with Crippen LogP contribution in [0.3, 0.4) is 0 Å². The van der Waals surface area contributed by atoms with Gasteiger partial charge >= 0.3 is 0 Å². The minimum absolute atomic E-state index is 0.186. The minimum Gasteiger partial charge on any atom is -0.451 e. The number of hydrogen-bond acceptors (Lipinski definition) is 3. The van der Waals surface area contributed by atoms with Gasteiger partial charge in [0.1, 0.15) is 5.76 Å². The first-order valence-corrected chi connectivity index (χ1v) is 8.66. The molecule has 0 saturated carbocycles. The molecule has 2 atom stereocenters. The van der Waals surface area contributed by atoms with Gasteiger partial charge in [0.25, 0.3) is 0 Å². The lowest BCUT2D eigenvalue weighted by Gasteiger charge is -2.35. The van der Waals surface area contributed by atoms with Crippen LogP contribution in [0.15, 0.2) is 19.6 Å². The molecular formula is C14H22Br2N2O. The van der Waals surface area contributed by atoms with Crippen molar-refractivity contribution in [3.8, 4) is 0 Å². The molecule has 2 heterocycles. The molecule has 1 aromatic heterocycles. The van der Waals surface area contributed by atoms with Gasteiger partial charge in [-0.3, -0.25) is 4.90 Å². The maximum absolute atomic E-state index is 6.03. The molecule has 3 nitrogen and oxygen atoms in total. The zero-order valence-corrected chi connectivity index (χ0v) is 14.5. The third kappa shape index (κ3) is 3.63. The lowest BCUT2D eigenvalue weighted by Crippen LogP contribution is -2.40. The van der Waals surface area contributed by atoms with Gasteiger partial charge < -0.3 is 10.2 Å². The highest BCUT2D eigenvalue weighted by molar-refractivity contribution is 9.13. The van der Waals surface area contributed by atoms with E-state index in [0.717, 1.165) is 21.4 Å². The average molecular weight is 394 g/mol. The van der Waals surface area contributed by atoms with Crippen LogP contribution in [-0.4, -0.2) is 24.0 Å². The van der Waals surface area contributed by atoms with Crippen LogP contribution >= 0.6 is 31.9 Å². The number of rotatable bonds is 4. The molecule has 0 aromatic carbocycles. The second kappa shape index (κ2) is 7.25. The molecule has 0 amide bonds. The molecule has 2 unspecified atom stereocenters. The van der Waals surface area contributed by atoms with Gasteiger partial charge in [-0.25, -0.2) is 0 Å². The molecule has 1 aromatic rings. The maximum Gasteiger partial charge on any atom is 0.183 e. The van der Waals surface area contributed by atoms with E-state index in [1.807, 2.05) is 6.07 Å². The Morgan fingerprint density at radius 1 is 1.42 bits per heavy atom. The summed E-state index contributed by atoms with van der Waals surface area (Å²) in [4.78, 5) is 2.55. The van der Waals surface area contributed by atoms with E-state index in [1.165, 1.54) is 32.1 Å². The second-order valence-corrected chi connectivity index (χ2v) is 6.75. The van der Waals surface area contributed by atoms with Crippen molar-refractivity contribution in [2.45, 2.75) is 51.1 Å². The van der Waals surface area contributed by atoms with E-state index >= 15 is 0 Å². The Hall–Kier alpha value is 0.160. The molecule has 5 heteroatoms. The van der Waals surface area contributed by atoms with E-state index in [2.05, 4.69) is 43.7 Å². The fraction of sp³-hybridized carbons (Fsp3) is 0.714. The molecule has 0 aliphatic carbocycles. The second-order valence-electron chi connectivity index (χ2n) is 5.17. The van der Waals surface area contributed by atoms with Crippen LogP contribution in [0.5, 0.6) is 0 Å². The van der Waals surface area contributed by atoms with E-state index in [1.54, 1.807) is 0 Å². The van der Waals surface area contributed by atoms with Crippen molar-refractivity contribution >= 4 is 31.9 Å². The first-order valence-electron chi connectivity index (χ1n) is 7.07. The first kappa shape index (κ1) is 15.5. The number of nitrogens with zero attached hydrogens (tertiary/aromatic N) is 1. The summed E-state index contributed by atoms with van der Waals surface area (Å²) >= 11 is 6.90. The Morgan fingerprint density at radius 3 is 2.79 bits per heavy atom. The van der Waals surface area contributed by atoms with Crippen LogP contribution in [0.2, 0.25) is 0 Å². The molecular weight excluding hydrogens is 372 g/mol. The molecule has 0 spiro atoms. The van der Waals surface area contributed by atoms with Crippen molar-refractivity contribution in [1.82, 2.24) is 4.90 Å². The summed E-state index contributed by atoms with van der Waals surface area (Å²) in [6, 6.07) is 2.85. The Morgan fingerprint density at radius 2 is 2.21 bits per heavy atom. The predicted octanol–water partition coefficient (Wildman–Crippen LogP) is 4.46. The molecule has 0 radical (unpaired) electrons. The maximum atomic E-state index is 6.03. The highest BCUT2D eigenvalue weighted by Gasteiger charge is 2.29. The summed E-state index contributed by atoms with van der Waals surface area (Å²) in [5, 5.41) is 0. The number of halogens is 2. The third-order valence-corrected chi connectivity index (χ3v) is 5.72. The van der Waals surface area contributed by atoms with Gasteiger partial charge in [0.2, 0.25) is 0 Å². The van der Waals surface area contributed by atoms with Crippen molar-refractivity contribution in [2.24, 2.45) is 5.73 Å². The molecule has 19 heavy (non-hydrogen) atoms. The SMILES string of the molecule is CCC1CCCCCN1C(CN)c1cc(Br)c(Br)o1. The van der Waals surface area contributed by atoms with Gasteiger partial charge in [-0.15, -0.1) is 0 Å². The number of hydrogen-bond donors (Lipinski definition) is 1. The summed E-state index contributed by atoms with van der Waals surface area (Å²) in [5.41, 5.74) is 6.03. The van der Waals surface area contributed by atoms with Crippen molar-refractivity contribution in [3.63, 3.8) is 0 Å². The van der Waals surface area contributed by atoms with Crippen LogP contribution in [0.4, 0.5) is 0 Å². The zero-order valence-electron chi connectivity index (χ0n) is 11.4. The summed E-state index contributed by atoms with van der Waals surface area (Å²) in [6.07, 6.45) is 6.37. The van der Waals surface area contributed by atoms with Gasteiger partial charge in [0, 0.05) is 12.6 Å². The summed E-state index contributed by atoms with van der Waals surface area (Å²) < 4.78 is 7.52. The Bertz CT molecular complexity index is 389. The molecule has 108 valence electrons. The normalized spacial score (nSPS) is 23.3. The molecule has 1 fully saturated rings. The highest BCUT2D eigenvalue weighted by atomic mass is 79.9. The van der Waals surface area contributed by atoms with Crippen LogP contribution in [0, 0.1) is 0 Å². The minimum atomic E-state index is 0.186. The molecule has 1 saturated heterocycles. The Labute approximate surface area is 132 Å². The van der Waals surface area contributed by atoms with Gasteiger partial charge in [-0.1, -0.05) is 19.8 Å². The molecule has 1 aliphatic rings. The van der Waals surface area contributed by atoms with E-state index < -0.39 is 0 Å². The van der Waals surface area contributed by atoms with E-state index in [0.29, 0.717) is 12.6 Å². The van der Waals surface area contributed by atoms with Gasteiger partial charge in [-0.2, -0.15) is 0 Å². The average Bonchev–Trinajstić information content (AvgIpc) is 2.63. The van der Waals surface area contributed by atoms with Crippen molar-refractivity contribution in [2.75, 3.05) is 13.1 Å². The van der Waals surface area contributed by atoms with Crippen LogP contribution in [-0.2, 0) is 0 Å². The van der Waals surface area contributed by atoms with Gasteiger partial charge in [0.15, 0.2) is 4.67 Å². The van der Waals surface area contributed by atoms with Gasteiger partial charge in [-0.05, 0) is 63.7 Å². The quantitative estimate of drug-likeness (QED) is 0.820. The van der Waals surface area contributed by atoms with E-state index in [-0.39, 0.29) is 6.04 Å². The molecule has 2 rings (SSSR count). The first-order chi connectivity index (χ1) is 9.17. The van der Waals surface area contributed by atoms with E-state index in [9.17, 15) is 0 Å². The molecule has 0 bridgehead atoms. The van der Waals surface area contributed by atoms with Crippen LogP contribution in [0.25, 0.3) is 0 Å². The number of likely N-dealkylation sites (tertiary alicyclic amines) is 1.